The molecule has 0 radical (unpaired) electrons. The van der Waals surface area contributed by atoms with Crippen LogP contribution in [0.15, 0.2) is 24.3 Å². The van der Waals surface area contributed by atoms with Crippen molar-refractivity contribution >= 4 is 18.3 Å². The minimum Gasteiger partial charge on any atom is -0.489 e. The number of likely N-dealkylation sites (N-methyl/N-ethyl adjacent to an activating group) is 1. The van der Waals surface area contributed by atoms with Crippen molar-refractivity contribution in [2.24, 2.45) is 0 Å². The summed E-state index contributed by atoms with van der Waals surface area (Å²) in [5.41, 5.74) is 0. The predicted octanol–water partition coefficient (Wildman–Crippen LogP) is 2.08. The van der Waals surface area contributed by atoms with Gasteiger partial charge in [0.15, 0.2) is 11.6 Å². The minimum absolute atomic E-state index is 0. The van der Waals surface area contributed by atoms with Crippen molar-refractivity contribution in [2.75, 3.05) is 26.7 Å². The van der Waals surface area contributed by atoms with Crippen molar-refractivity contribution in [2.45, 2.75) is 18.4 Å². The van der Waals surface area contributed by atoms with E-state index in [0.717, 1.165) is 0 Å². The molecule has 1 amide bonds. The van der Waals surface area contributed by atoms with E-state index in [-0.39, 0.29) is 31.3 Å². The Hall–Kier alpha value is -1.47. The molecule has 0 saturated carbocycles. The molecule has 0 aromatic heterocycles. The third kappa shape index (κ3) is 4.78. The zero-order valence-corrected chi connectivity index (χ0v) is 12.8. The van der Waals surface area contributed by atoms with Gasteiger partial charge in [0.25, 0.3) is 5.92 Å². The summed E-state index contributed by atoms with van der Waals surface area (Å²) in [7, 11) is 1.51. The summed E-state index contributed by atoms with van der Waals surface area (Å²) in [6, 6.07) is 5.06. The number of para-hydroxylation sites is 1. The smallest absolute Gasteiger partial charge is 0.262 e. The Kier molecular flexibility index (Phi) is 6.49. The predicted molar refractivity (Wildman–Crippen MR) is 78.1 cm³/mol. The molecule has 124 valence electrons. The minimum atomic E-state index is -2.84. The van der Waals surface area contributed by atoms with E-state index in [0.29, 0.717) is 0 Å². The lowest BCUT2D eigenvalue weighted by atomic mass is 10.2. The molecule has 0 aliphatic carbocycles. The van der Waals surface area contributed by atoms with Gasteiger partial charge in [-0.1, -0.05) is 12.1 Å². The standard InChI is InChI=1S/C14H17F3N2O2.ClH/c1-19(13(20)11-8-14(16,17)9-18-11)6-7-21-12-5-3-2-4-10(12)15;/h2-5,11,18H,6-9H2,1H3;1H. The Morgan fingerprint density at radius 1 is 1.45 bits per heavy atom. The first kappa shape index (κ1) is 18.6. The number of carbonyl (C=O) groups excluding carboxylic acids is 1. The summed E-state index contributed by atoms with van der Waals surface area (Å²) in [5, 5.41) is 2.50. The van der Waals surface area contributed by atoms with Gasteiger partial charge in [-0.3, -0.25) is 10.1 Å². The summed E-state index contributed by atoms with van der Waals surface area (Å²) >= 11 is 0. The zero-order chi connectivity index (χ0) is 15.5. The molecule has 1 atom stereocenters. The van der Waals surface area contributed by atoms with Crippen LogP contribution < -0.4 is 10.1 Å². The second-order valence-corrected chi connectivity index (χ2v) is 5.03. The Morgan fingerprint density at radius 3 is 2.73 bits per heavy atom. The van der Waals surface area contributed by atoms with Crippen LogP contribution in [0.2, 0.25) is 0 Å². The molecule has 22 heavy (non-hydrogen) atoms. The van der Waals surface area contributed by atoms with E-state index < -0.39 is 36.7 Å². The highest BCUT2D eigenvalue weighted by Crippen LogP contribution is 2.25. The van der Waals surface area contributed by atoms with Gasteiger partial charge in [0, 0.05) is 13.5 Å². The second-order valence-electron chi connectivity index (χ2n) is 5.03. The van der Waals surface area contributed by atoms with Crippen LogP contribution in [0.25, 0.3) is 0 Å². The van der Waals surface area contributed by atoms with E-state index in [9.17, 15) is 18.0 Å². The summed E-state index contributed by atoms with van der Waals surface area (Å²) in [6.45, 7) is -0.202. The molecule has 1 fully saturated rings. The average Bonchev–Trinajstić information content (AvgIpc) is 2.80. The lowest BCUT2D eigenvalue weighted by Crippen LogP contribution is -2.43. The van der Waals surface area contributed by atoms with Crippen LogP contribution in [0.4, 0.5) is 13.2 Å². The fourth-order valence-corrected chi connectivity index (χ4v) is 2.12. The van der Waals surface area contributed by atoms with Crippen LogP contribution in [0.3, 0.4) is 0 Å². The normalized spacial score (nSPS) is 19.4. The first-order valence-corrected chi connectivity index (χ1v) is 6.62. The molecule has 8 heteroatoms. The number of nitrogens with zero attached hydrogens (tertiary/aromatic N) is 1. The lowest BCUT2D eigenvalue weighted by molar-refractivity contribution is -0.132. The number of hydrogen-bond donors (Lipinski definition) is 1. The number of carbonyl (C=O) groups is 1. The Balaban J connectivity index is 0.00000242. The SMILES string of the molecule is CN(CCOc1ccccc1F)C(=O)C1CC(F)(F)CN1.Cl. The van der Waals surface area contributed by atoms with Crippen molar-refractivity contribution in [3.05, 3.63) is 30.1 Å². The third-order valence-corrected chi connectivity index (χ3v) is 3.31. The van der Waals surface area contributed by atoms with E-state index in [1.54, 1.807) is 12.1 Å². The Morgan fingerprint density at radius 2 is 2.14 bits per heavy atom. The highest BCUT2D eigenvalue weighted by atomic mass is 35.5. The van der Waals surface area contributed by atoms with Gasteiger partial charge in [-0.25, -0.2) is 13.2 Å². The summed E-state index contributed by atoms with van der Waals surface area (Å²) in [5.74, 6) is -3.64. The van der Waals surface area contributed by atoms with E-state index in [1.807, 2.05) is 0 Å². The van der Waals surface area contributed by atoms with Gasteiger partial charge in [-0.05, 0) is 12.1 Å². The largest absolute Gasteiger partial charge is 0.489 e. The molecule has 0 spiro atoms. The van der Waals surface area contributed by atoms with Crippen molar-refractivity contribution < 1.29 is 22.7 Å². The molecule has 1 saturated heterocycles. The molecule has 4 nitrogen and oxygen atoms in total. The lowest BCUT2D eigenvalue weighted by Gasteiger charge is -2.21. The summed E-state index contributed by atoms with van der Waals surface area (Å²) in [4.78, 5) is 13.2. The van der Waals surface area contributed by atoms with Gasteiger partial charge in [-0.2, -0.15) is 0 Å². The molecule has 2 rings (SSSR count). The van der Waals surface area contributed by atoms with Gasteiger partial charge < -0.3 is 9.64 Å². The molecular formula is C14H18ClF3N2O2. The summed E-state index contributed by atoms with van der Waals surface area (Å²) < 4.78 is 44.6. The van der Waals surface area contributed by atoms with Gasteiger partial charge in [-0.15, -0.1) is 12.4 Å². The third-order valence-electron chi connectivity index (χ3n) is 3.31. The number of alkyl halides is 2. The molecular weight excluding hydrogens is 321 g/mol. The second kappa shape index (κ2) is 7.69. The maximum Gasteiger partial charge on any atom is 0.262 e. The van der Waals surface area contributed by atoms with Crippen LogP contribution in [0.1, 0.15) is 6.42 Å². The maximum atomic E-state index is 13.3. The van der Waals surface area contributed by atoms with Crippen LogP contribution in [0, 0.1) is 5.82 Å². The molecule has 1 aliphatic rings. The number of halogens is 4. The summed E-state index contributed by atoms with van der Waals surface area (Å²) in [6.07, 6.45) is -0.496. The maximum absolute atomic E-state index is 13.3. The van der Waals surface area contributed by atoms with Gasteiger partial charge in [0.1, 0.15) is 6.61 Å². The highest BCUT2D eigenvalue weighted by Gasteiger charge is 2.43. The number of rotatable bonds is 5. The quantitative estimate of drug-likeness (QED) is 0.894. The van der Waals surface area contributed by atoms with Gasteiger partial charge in [0.2, 0.25) is 5.91 Å². The number of amides is 1. The fraction of sp³-hybridized carbons (Fsp3) is 0.500. The van der Waals surface area contributed by atoms with Crippen LogP contribution in [-0.4, -0.2) is 49.5 Å². The van der Waals surface area contributed by atoms with Crippen LogP contribution >= 0.6 is 12.4 Å². The van der Waals surface area contributed by atoms with E-state index in [4.69, 9.17) is 4.74 Å². The van der Waals surface area contributed by atoms with E-state index >= 15 is 0 Å². The number of nitrogens with one attached hydrogen (secondary N) is 1. The average molecular weight is 339 g/mol. The molecule has 1 aliphatic heterocycles. The van der Waals surface area contributed by atoms with E-state index in [1.165, 1.54) is 24.1 Å². The van der Waals surface area contributed by atoms with Gasteiger partial charge >= 0.3 is 0 Å². The fourth-order valence-electron chi connectivity index (χ4n) is 2.12. The highest BCUT2D eigenvalue weighted by molar-refractivity contribution is 5.85. The van der Waals surface area contributed by atoms with E-state index in [2.05, 4.69) is 5.32 Å². The topological polar surface area (TPSA) is 41.6 Å². The Labute approximate surface area is 133 Å². The molecule has 1 aromatic carbocycles. The number of hydrogen-bond acceptors (Lipinski definition) is 3. The van der Waals surface area contributed by atoms with Crippen LogP contribution in [0.5, 0.6) is 5.75 Å². The molecule has 0 bridgehead atoms. The van der Waals surface area contributed by atoms with Gasteiger partial charge in [0.05, 0.1) is 19.1 Å². The van der Waals surface area contributed by atoms with Crippen molar-refractivity contribution in [3.8, 4) is 5.75 Å². The van der Waals surface area contributed by atoms with Crippen molar-refractivity contribution in [1.29, 1.82) is 0 Å². The number of ether oxygens (including phenoxy) is 1. The first-order chi connectivity index (χ1) is 9.89. The van der Waals surface area contributed by atoms with Crippen molar-refractivity contribution in [1.82, 2.24) is 10.2 Å². The van der Waals surface area contributed by atoms with Crippen molar-refractivity contribution in [3.63, 3.8) is 0 Å². The molecule has 1 unspecified atom stereocenters. The number of benzene rings is 1. The first-order valence-electron chi connectivity index (χ1n) is 6.62. The molecule has 1 N–H and O–H groups in total. The molecule has 1 heterocycles. The zero-order valence-electron chi connectivity index (χ0n) is 12.0. The monoisotopic (exact) mass is 338 g/mol. The van der Waals surface area contributed by atoms with Crippen LogP contribution in [-0.2, 0) is 4.79 Å². The Bertz CT molecular complexity index is 517. The molecule has 1 aromatic rings.